The third-order valence-electron chi connectivity index (χ3n) is 5.90. The van der Waals surface area contributed by atoms with Crippen molar-refractivity contribution in [2.24, 2.45) is 11.8 Å². The molecule has 2 aliphatic carbocycles. The Morgan fingerprint density at radius 3 is 2.56 bits per heavy atom. The van der Waals surface area contributed by atoms with E-state index in [1.807, 2.05) is 4.90 Å². The Hall–Kier alpha value is -1.97. The summed E-state index contributed by atoms with van der Waals surface area (Å²) in [6.07, 6.45) is 9.23. The maximum Gasteiger partial charge on any atom is 0.225 e. The van der Waals surface area contributed by atoms with Crippen LogP contribution in [0.3, 0.4) is 0 Å². The molecule has 1 saturated heterocycles. The zero-order valence-corrected chi connectivity index (χ0v) is 14.7. The average molecular weight is 338 g/mol. The van der Waals surface area contributed by atoms with Gasteiger partial charge in [-0.1, -0.05) is 6.07 Å². The van der Waals surface area contributed by atoms with Crippen molar-refractivity contribution in [3.63, 3.8) is 0 Å². The molecule has 132 valence electrons. The van der Waals surface area contributed by atoms with Crippen molar-refractivity contribution in [2.45, 2.75) is 51.2 Å². The van der Waals surface area contributed by atoms with Crippen LogP contribution in [0.4, 0.5) is 0 Å². The van der Waals surface area contributed by atoms with E-state index in [4.69, 9.17) is 4.74 Å². The Morgan fingerprint density at radius 1 is 1.04 bits per heavy atom. The minimum absolute atomic E-state index is 0.223. The Labute approximate surface area is 148 Å². The predicted octanol–water partition coefficient (Wildman–Crippen LogP) is 3.83. The van der Waals surface area contributed by atoms with Crippen molar-refractivity contribution in [1.82, 2.24) is 9.47 Å². The lowest BCUT2D eigenvalue weighted by Gasteiger charge is -2.32. The van der Waals surface area contributed by atoms with Crippen molar-refractivity contribution in [3.05, 3.63) is 30.5 Å². The number of ether oxygens (including phenoxy) is 1. The monoisotopic (exact) mass is 338 g/mol. The normalized spacial score (nSPS) is 21.7. The van der Waals surface area contributed by atoms with Crippen LogP contribution in [0.2, 0.25) is 0 Å². The molecule has 4 nitrogen and oxygen atoms in total. The van der Waals surface area contributed by atoms with Crippen molar-refractivity contribution in [2.75, 3.05) is 13.1 Å². The summed E-state index contributed by atoms with van der Waals surface area (Å²) in [7, 11) is 0. The fourth-order valence-corrected chi connectivity index (χ4v) is 4.00. The molecule has 5 rings (SSSR count). The SMILES string of the molecule is O=C(C1CC1)N1CCC(Oc2cccc3c2ccn3CC2CC2)CC1. The third kappa shape index (κ3) is 3.14. The lowest BCUT2D eigenvalue weighted by Crippen LogP contribution is -2.42. The highest BCUT2D eigenvalue weighted by molar-refractivity contribution is 5.86. The summed E-state index contributed by atoms with van der Waals surface area (Å²) in [5.74, 6) is 2.57. The second-order valence-corrected chi connectivity index (χ2v) is 8.02. The Kier molecular flexibility index (Phi) is 3.72. The molecule has 1 amide bonds. The third-order valence-corrected chi connectivity index (χ3v) is 5.90. The van der Waals surface area contributed by atoms with Gasteiger partial charge in [0, 0.05) is 50.0 Å². The number of nitrogens with zero attached hydrogens (tertiary/aromatic N) is 2. The molecule has 1 aromatic carbocycles. The molecule has 2 saturated carbocycles. The van der Waals surface area contributed by atoms with E-state index in [2.05, 4.69) is 35.0 Å². The topological polar surface area (TPSA) is 34.5 Å². The maximum atomic E-state index is 12.2. The summed E-state index contributed by atoms with van der Waals surface area (Å²) in [5, 5.41) is 1.22. The number of benzene rings is 1. The van der Waals surface area contributed by atoms with E-state index in [9.17, 15) is 4.79 Å². The predicted molar refractivity (Wildman–Crippen MR) is 97.6 cm³/mol. The number of piperidine rings is 1. The minimum atomic E-state index is 0.223. The number of hydrogen-bond acceptors (Lipinski definition) is 2. The fraction of sp³-hybridized carbons (Fsp3) is 0.571. The van der Waals surface area contributed by atoms with Gasteiger partial charge in [0.1, 0.15) is 11.9 Å². The van der Waals surface area contributed by atoms with E-state index in [1.165, 1.54) is 23.7 Å². The van der Waals surface area contributed by atoms with Crippen molar-refractivity contribution < 1.29 is 9.53 Å². The number of aromatic nitrogens is 1. The molecule has 2 aromatic rings. The van der Waals surface area contributed by atoms with E-state index in [0.29, 0.717) is 11.8 Å². The molecule has 3 aliphatic rings. The molecule has 0 N–H and O–H groups in total. The maximum absolute atomic E-state index is 12.2. The molecular weight excluding hydrogens is 312 g/mol. The molecule has 1 aliphatic heterocycles. The first kappa shape index (κ1) is 15.3. The lowest BCUT2D eigenvalue weighted by atomic mass is 10.1. The van der Waals surface area contributed by atoms with Gasteiger partial charge in [-0.15, -0.1) is 0 Å². The number of carbonyl (C=O) groups is 1. The summed E-state index contributed by atoms with van der Waals surface area (Å²) in [6.45, 7) is 2.83. The molecule has 3 fully saturated rings. The zero-order chi connectivity index (χ0) is 16.8. The largest absolute Gasteiger partial charge is 0.490 e. The summed E-state index contributed by atoms with van der Waals surface area (Å²) in [5.41, 5.74) is 1.28. The number of carbonyl (C=O) groups excluding carboxylic acids is 1. The van der Waals surface area contributed by atoms with Gasteiger partial charge in [0.05, 0.1) is 5.52 Å². The van der Waals surface area contributed by atoms with Crippen molar-refractivity contribution in [3.8, 4) is 5.75 Å². The second-order valence-electron chi connectivity index (χ2n) is 8.02. The van der Waals surface area contributed by atoms with E-state index in [1.54, 1.807) is 0 Å². The molecule has 0 radical (unpaired) electrons. The van der Waals surface area contributed by atoms with Crippen LogP contribution >= 0.6 is 0 Å². The number of hydrogen-bond donors (Lipinski definition) is 0. The average Bonchev–Trinajstić information content (AvgIpc) is 3.55. The van der Waals surface area contributed by atoms with Crippen LogP contribution < -0.4 is 4.74 Å². The van der Waals surface area contributed by atoms with Gasteiger partial charge in [0.15, 0.2) is 0 Å². The van der Waals surface area contributed by atoms with Gasteiger partial charge in [-0.25, -0.2) is 0 Å². The van der Waals surface area contributed by atoms with Crippen LogP contribution in [0.1, 0.15) is 38.5 Å². The van der Waals surface area contributed by atoms with Gasteiger partial charge in [-0.2, -0.15) is 0 Å². The summed E-state index contributed by atoms with van der Waals surface area (Å²) < 4.78 is 8.73. The molecule has 0 spiro atoms. The smallest absolute Gasteiger partial charge is 0.225 e. The van der Waals surface area contributed by atoms with E-state index in [0.717, 1.165) is 57.0 Å². The first-order valence-electron chi connectivity index (χ1n) is 9.81. The summed E-state index contributed by atoms with van der Waals surface area (Å²) in [4.78, 5) is 14.2. The molecular formula is C21H26N2O2. The molecule has 25 heavy (non-hydrogen) atoms. The number of likely N-dealkylation sites (tertiary alicyclic amines) is 1. The number of rotatable bonds is 5. The van der Waals surface area contributed by atoms with Crippen LogP contribution in [0.15, 0.2) is 30.5 Å². The van der Waals surface area contributed by atoms with Crippen LogP contribution in [-0.2, 0) is 11.3 Å². The zero-order valence-electron chi connectivity index (χ0n) is 14.7. The van der Waals surface area contributed by atoms with Gasteiger partial charge < -0.3 is 14.2 Å². The molecule has 0 bridgehead atoms. The van der Waals surface area contributed by atoms with Gasteiger partial charge in [0.25, 0.3) is 0 Å². The molecule has 2 heterocycles. The van der Waals surface area contributed by atoms with E-state index in [-0.39, 0.29) is 6.10 Å². The number of amides is 1. The van der Waals surface area contributed by atoms with Crippen LogP contribution in [0.25, 0.3) is 10.9 Å². The van der Waals surface area contributed by atoms with Gasteiger partial charge in [0.2, 0.25) is 5.91 Å². The Morgan fingerprint density at radius 2 is 1.84 bits per heavy atom. The highest BCUT2D eigenvalue weighted by atomic mass is 16.5. The van der Waals surface area contributed by atoms with Crippen molar-refractivity contribution >= 4 is 16.8 Å². The molecule has 0 atom stereocenters. The molecule has 0 unspecified atom stereocenters. The summed E-state index contributed by atoms with van der Waals surface area (Å²) in [6, 6.07) is 8.58. The van der Waals surface area contributed by atoms with Crippen molar-refractivity contribution in [1.29, 1.82) is 0 Å². The Balaban J connectivity index is 1.26. The number of fused-ring (bicyclic) bond motifs is 1. The lowest BCUT2D eigenvalue weighted by molar-refractivity contribution is -0.134. The second kappa shape index (κ2) is 6.08. The first-order chi connectivity index (χ1) is 12.3. The van der Waals surface area contributed by atoms with E-state index < -0.39 is 0 Å². The van der Waals surface area contributed by atoms with Crippen LogP contribution in [0.5, 0.6) is 5.75 Å². The Bertz CT molecular complexity index is 780. The fourth-order valence-electron chi connectivity index (χ4n) is 4.00. The standard InChI is InChI=1S/C21H26N2O2/c24-21(16-6-7-16)22-11-8-17(9-12-22)25-20-3-1-2-19-18(20)10-13-23(19)14-15-4-5-15/h1-3,10,13,15-17H,4-9,11-12,14H2. The van der Waals surface area contributed by atoms with Gasteiger partial charge >= 0.3 is 0 Å². The van der Waals surface area contributed by atoms with Crippen LogP contribution in [0, 0.1) is 11.8 Å². The summed E-state index contributed by atoms with van der Waals surface area (Å²) >= 11 is 0. The van der Waals surface area contributed by atoms with E-state index >= 15 is 0 Å². The molecule has 4 heteroatoms. The molecule has 1 aromatic heterocycles. The highest BCUT2D eigenvalue weighted by Crippen LogP contribution is 2.35. The minimum Gasteiger partial charge on any atom is -0.490 e. The van der Waals surface area contributed by atoms with Gasteiger partial charge in [-0.3, -0.25) is 4.79 Å². The first-order valence-corrected chi connectivity index (χ1v) is 9.81. The quantitative estimate of drug-likeness (QED) is 0.830. The van der Waals surface area contributed by atoms with Gasteiger partial charge in [-0.05, 0) is 49.8 Å². The highest BCUT2D eigenvalue weighted by Gasteiger charge is 2.35. The van der Waals surface area contributed by atoms with Crippen LogP contribution in [-0.4, -0.2) is 34.6 Å².